The second kappa shape index (κ2) is 9.61. The summed E-state index contributed by atoms with van der Waals surface area (Å²) < 4.78 is 0. The number of carbonyl (C=O) groups excluding carboxylic acids is 1. The molecule has 0 aromatic rings. The quantitative estimate of drug-likeness (QED) is 0.179. The smallest absolute Gasteiger partial charge is 0.220 e. The Kier molecular flexibility index (Phi) is 8.07. The van der Waals surface area contributed by atoms with Crippen LogP contribution in [-0.2, 0) is 4.79 Å². The van der Waals surface area contributed by atoms with Crippen LogP contribution in [0.2, 0.25) is 0 Å². The van der Waals surface area contributed by atoms with Crippen molar-refractivity contribution in [1.82, 2.24) is 5.32 Å². The number of unbranched alkanes of at least 4 members (excludes halogenated alkanes) is 6. The van der Waals surface area contributed by atoms with Crippen LogP contribution in [0.5, 0.6) is 0 Å². The highest BCUT2D eigenvalue weighted by molar-refractivity contribution is 5.90. The third-order valence-corrected chi connectivity index (χ3v) is 3.85. The predicted molar refractivity (Wildman–Crippen MR) is 80.7 cm³/mol. The first kappa shape index (κ1) is 16.8. The number of amides is 1. The molecule has 1 aliphatic rings. The van der Waals surface area contributed by atoms with Gasteiger partial charge in [-0.05, 0) is 25.2 Å². The predicted octanol–water partition coefficient (Wildman–Crippen LogP) is 2.77. The minimum atomic E-state index is -0.281. The van der Waals surface area contributed by atoms with E-state index in [1.807, 2.05) is 0 Å². The van der Waals surface area contributed by atoms with E-state index in [0.717, 1.165) is 25.7 Å². The van der Waals surface area contributed by atoms with Gasteiger partial charge in [0.1, 0.15) is 0 Å². The van der Waals surface area contributed by atoms with Gasteiger partial charge in [0, 0.05) is 6.42 Å². The number of oxime groups is 1. The van der Waals surface area contributed by atoms with Crippen LogP contribution in [0, 0.1) is 5.92 Å². The molecule has 0 aromatic heterocycles. The highest BCUT2D eigenvalue weighted by Crippen LogP contribution is 2.32. The molecule has 1 unspecified atom stereocenters. The normalized spacial score (nSPS) is 16.9. The molecule has 1 fully saturated rings. The number of nitrogens with one attached hydrogen (secondary N) is 1. The van der Waals surface area contributed by atoms with Gasteiger partial charge in [0.2, 0.25) is 5.91 Å². The van der Waals surface area contributed by atoms with Crippen LogP contribution in [0.1, 0.15) is 71.1 Å². The minimum absolute atomic E-state index is 0.0158. The molecular weight excluding hydrogens is 254 g/mol. The van der Waals surface area contributed by atoms with Gasteiger partial charge in [-0.2, -0.15) is 0 Å². The van der Waals surface area contributed by atoms with Crippen LogP contribution in [0.15, 0.2) is 5.16 Å². The van der Waals surface area contributed by atoms with Crippen molar-refractivity contribution in [2.75, 3.05) is 0 Å². The molecule has 5 nitrogen and oxygen atoms in total. The lowest BCUT2D eigenvalue weighted by molar-refractivity contribution is -0.121. The van der Waals surface area contributed by atoms with Gasteiger partial charge in [-0.25, -0.2) is 0 Å². The molecule has 0 bridgehead atoms. The molecule has 1 rings (SSSR count). The van der Waals surface area contributed by atoms with Gasteiger partial charge >= 0.3 is 0 Å². The maximum atomic E-state index is 11.8. The van der Waals surface area contributed by atoms with Crippen molar-refractivity contribution in [3.8, 4) is 0 Å². The van der Waals surface area contributed by atoms with Crippen molar-refractivity contribution < 1.29 is 10.0 Å². The summed E-state index contributed by atoms with van der Waals surface area (Å²) in [6.45, 7) is 2.21. The third kappa shape index (κ3) is 6.78. The van der Waals surface area contributed by atoms with Gasteiger partial charge in [0.05, 0.1) is 6.04 Å². The van der Waals surface area contributed by atoms with E-state index in [4.69, 9.17) is 10.9 Å². The lowest BCUT2D eigenvalue weighted by atomic mass is 10.1. The van der Waals surface area contributed by atoms with Crippen LogP contribution in [0.3, 0.4) is 0 Å². The van der Waals surface area contributed by atoms with Crippen molar-refractivity contribution in [1.29, 1.82) is 0 Å². The largest absolute Gasteiger partial charge is 0.409 e. The van der Waals surface area contributed by atoms with E-state index in [0.29, 0.717) is 12.3 Å². The average Bonchev–Trinajstić information content (AvgIpc) is 3.27. The van der Waals surface area contributed by atoms with E-state index in [1.54, 1.807) is 0 Å². The molecule has 20 heavy (non-hydrogen) atoms. The molecule has 4 N–H and O–H groups in total. The molecule has 5 heteroatoms. The molecule has 0 aliphatic heterocycles. The van der Waals surface area contributed by atoms with E-state index in [1.165, 1.54) is 32.1 Å². The molecule has 1 amide bonds. The lowest BCUT2D eigenvalue weighted by Gasteiger charge is -2.16. The molecule has 0 spiro atoms. The fourth-order valence-corrected chi connectivity index (χ4v) is 2.41. The Hall–Kier alpha value is -1.26. The molecule has 1 atom stereocenters. The second-order valence-electron chi connectivity index (χ2n) is 5.78. The molecule has 0 radical (unpaired) electrons. The van der Waals surface area contributed by atoms with Crippen LogP contribution < -0.4 is 11.1 Å². The van der Waals surface area contributed by atoms with E-state index in [2.05, 4.69) is 17.4 Å². The Morgan fingerprint density at radius 3 is 2.40 bits per heavy atom. The summed E-state index contributed by atoms with van der Waals surface area (Å²) in [5.41, 5.74) is 5.61. The SMILES string of the molecule is CCCCCCCCCC(=O)NC(C(N)=NO)C1CC1. The molecule has 0 saturated heterocycles. The number of rotatable bonds is 11. The summed E-state index contributed by atoms with van der Waals surface area (Å²) in [6.07, 6.45) is 11.0. The maximum absolute atomic E-state index is 11.8. The molecule has 0 heterocycles. The number of hydrogen-bond acceptors (Lipinski definition) is 3. The zero-order valence-corrected chi connectivity index (χ0v) is 12.6. The van der Waals surface area contributed by atoms with Crippen LogP contribution in [-0.4, -0.2) is 23.0 Å². The van der Waals surface area contributed by atoms with Gasteiger partial charge in [-0.3, -0.25) is 4.79 Å². The van der Waals surface area contributed by atoms with E-state index in [9.17, 15) is 4.79 Å². The van der Waals surface area contributed by atoms with Gasteiger partial charge in [-0.1, -0.05) is 50.6 Å². The van der Waals surface area contributed by atoms with Crippen LogP contribution >= 0.6 is 0 Å². The topological polar surface area (TPSA) is 87.7 Å². The van der Waals surface area contributed by atoms with E-state index in [-0.39, 0.29) is 17.8 Å². The minimum Gasteiger partial charge on any atom is -0.409 e. The van der Waals surface area contributed by atoms with Crippen molar-refractivity contribution in [3.05, 3.63) is 0 Å². The van der Waals surface area contributed by atoms with Crippen molar-refractivity contribution in [3.63, 3.8) is 0 Å². The highest BCUT2D eigenvalue weighted by atomic mass is 16.4. The molecule has 1 saturated carbocycles. The molecular formula is C15H29N3O2. The summed E-state index contributed by atoms with van der Waals surface area (Å²) in [5, 5.41) is 14.6. The first-order chi connectivity index (χ1) is 9.69. The Labute approximate surface area is 122 Å². The highest BCUT2D eigenvalue weighted by Gasteiger charge is 2.35. The summed E-state index contributed by atoms with van der Waals surface area (Å²) >= 11 is 0. The average molecular weight is 283 g/mol. The van der Waals surface area contributed by atoms with Crippen molar-refractivity contribution in [2.45, 2.75) is 77.2 Å². The fourth-order valence-electron chi connectivity index (χ4n) is 2.41. The number of hydrogen-bond donors (Lipinski definition) is 3. The maximum Gasteiger partial charge on any atom is 0.220 e. The van der Waals surface area contributed by atoms with Gasteiger partial charge in [-0.15, -0.1) is 0 Å². The first-order valence-corrected chi connectivity index (χ1v) is 7.95. The van der Waals surface area contributed by atoms with Crippen molar-refractivity contribution >= 4 is 11.7 Å². The summed E-state index contributed by atoms with van der Waals surface area (Å²) in [4.78, 5) is 11.8. The zero-order valence-electron chi connectivity index (χ0n) is 12.6. The van der Waals surface area contributed by atoms with Crippen molar-refractivity contribution in [2.24, 2.45) is 16.8 Å². The third-order valence-electron chi connectivity index (χ3n) is 3.85. The number of nitrogens with two attached hydrogens (primary N) is 1. The number of carbonyl (C=O) groups is 1. The number of amidine groups is 1. The lowest BCUT2D eigenvalue weighted by Crippen LogP contribution is -2.46. The van der Waals surface area contributed by atoms with Gasteiger partial charge in [0.25, 0.3) is 0 Å². The molecule has 116 valence electrons. The summed E-state index contributed by atoms with van der Waals surface area (Å²) in [6, 6.07) is -0.281. The van der Waals surface area contributed by atoms with Gasteiger partial charge in [0.15, 0.2) is 5.84 Å². The summed E-state index contributed by atoms with van der Waals surface area (Å²) in [7, 11) is 0. The van der Waals surface area contributed by atoms with Crippen LogP contribution in [0.4, 0.5) is 0 Å². The Bertz CT molecular complexity index is 314. The molecule has 1 aliphatic carbocycles. The zero-order chi connectivity index (χ0) is 14.8. The van der Waals surface area contributed by atoms with Crippen LogP contribution in [0.25, 0.3) is 0 Å². The monoisotopic (exact) mass is 283 g/mol. The second-order valence-corrected chi connectivity index (χ2v) is 5.78. The Balaban J connectivity index is 2.10. The standard InChI is InChI=1S/C15H29N3O2/c1-2-3-4-5-6-7-8-9-13(19)17-14(12-10-11-12)15(16)18-20/h12,14,20H,2-11H2,1H3,(H2,16,18)(H,17,19). The summed E-state index contributed by atoms with van der Waals surface area (Å²) in [5.74, 6) is 0.492. The van der Waals surface area contributed by atoms with E-state index >= 15 is 0 Å². The molecule has 0 aromatic carbocycles. The first-order valence-electron chi connectivity index (χ1n) is 7.95. The fraction of sp³-hybridized carbons (Fsp3) is 0.867. The Morgan fingerprint density at radius 2 is 1.85 bits per heavy atom. The van der Waals surface area contributed by atoms with Gasteiger partial charge < -0.3 is 16.3 Å². The van der Waals surface area contributed by atoms with E-state index < -0.39 is 0 Å². The number of nitrogens with zero attached hydrogens (tertiary/aromatic N) is 1. The Morgan fingerprint density at radius 1 is 1.25 bits per heavy atom.